The van der Waals surface area contributed by atoms with E-state index in [2.05, 4.69) is 20.5 Å². The predicted octanol–water partition coefficient (Wildman–Crippen LogP) is 2.21. The van der Waals surface area contributed by atoms with Crippen LogP contribution in [0.2, 0.25) is 0 Å². The van der Waals surface area contributed by atoms with E-state index in [1.165, 1.54) is 11.8 Å². The lowest BCUT2D eigenvalue weighted by atomic mass is 10.3. The van der Waals surface area contributed by atoms with Gasteiger partial charge in [-0.3, -0.25) is 9.78 Å². The van der Waals surface area contributed by atoms with Crippen LogP contribution in [0.25, 0.3) is 11.0 Å². The van der Waals surface area contributed by atoms with Crippen molar-refractivity contribution in [2.45, 2.75) is 5.16 Å². The van der Waals surface area contributed by atoms with Crippen LogP contribution in [0.3, 0.4) is 0 Å². The van der Waals surface area contributed by atoms with Crippen molar-refractivity contribution in [3.63, 3.8) is 0 Å². The summed E-state index contributed by atoms with van der Waals surface area (Å²) >= 11 is 1.38. The first-order chi connectivity index (χ1) is 11.2. The minimum Gasteiger partial charge on any atom is -0.322 e. The monoisotopic (exact) mass is 325 g/mol. The van der Waals surface area contributed by atoms with E-state index in [0.717, 1.165) is 21.8 Å². The summed E-state index contributed by atoms with van der Waals surface area (Å²) < 4.78 is 1.98. The van der Waals surface area contributed by atoms with E-state index < -0.39 is 0 Å². The fourth-order valence-electron chi connectivity index (χ4n) is 2.05. The van der Waals surface area contributed by atoms with Crippen LogP contribution in [0.15, 0.2) is 59.0 Å². The zero-order valence-electron chi connectivity index (χ0n) is 12.5. The molecule has 116 valence electrons. The van der Waals surface area contributed by atoms with E-state index in [4.69, 9.17) is 0 Å². The molecular weight excluding hydrogens is 310 g/mol. The Kier molecular flexibility index (Phi) is 4.68. The number of hydrogen-bond acceptors (Lipinski definition) is 5. The fraction of sp³-hybridized carbons (Fsp3) is 0.125. The second-order valence-electron chi connectivity index (χ2n) is 4.81. The molecule has 0 radical (unpaired) electrons. The quantitative estimate of drug-likeness (QED) is 0.443. The number of aromatic nitrogens is 3. The molecule has 0 atom stereocenters. The molecule has 7 heteroatoms. The molecule has 0 spiro atoms. The van der Waals surface area contributed by atoms with E-state index >= 15 is 0 Å². The number of amides is 1. The number of carbonyl (C=O) groups excluding carboxylic acids is 1. The molecule has 1 N–H and O–H groups in total. The summed E-state index contributed by atoms with van der Waals surface area (Å²) in [6.07, 6.45) is 4.91. The van der Waals surface area contributed by atoms with Crippen molar-refractivity contribution in [3.8, 4) is 0 Å². The number of rotatable bonds is 5. The van der Waals surface area contributed by atoms with Crippen molar-refractivity contribution in [1.82, 2.24) is 20.0 Å². The van der Waals surface area contributed by atoms with Crippen LogP contribution in [0.5, 0.6) is 0 Å². The maximum Gasteiger partial charge on any atom is 0.250 e. The number of fused-ring (bicyclic) bond motifs is 1. The van der Waals surface area contributed by atoms with Crippen LogP contribution in [0, 0.1) is 0 Å². The summed E-state index contributed by atoms with van der Waals surface area (Å²) in [6, 6.07) is 11.5. The number of aryl methyl sites for hydroxylation is 1. The Morgan fingerprint density at radius 1 is 1.35 bits per heavy atom. The van der Waals surface area contributed by atoms with Gasteiger partial charge in [0.25, 0.3) is 5.91 Å². The van der Waals surface area contributed by atoms with Gasteiger partial charge in [0.15, 0.2) is 5.16 Å². The van der Waals surface area contributed by atoms with Gasteiger partial charge >= 0.3 is 0 Å². The highest BCUT2D eigenvalue weighted by molar-refractivity contribution is 7.99. The third kappa shape index (κ3) is 3.75. The van der Waals surface area contributed by atoms with Gasteiger partial charge in [0.2, 0.25) is 0 Å². The van der Waals surface area contributed by atoms with Crippen LogP contribution in [0.1, 0.15) is 5.56 Å². The Labute approximate surface area is 137 Å². The van der Waals surface area contributed by atoms with E-state index in [1.807, 2.05) is 48.0 Å². The van der Waals surface area contributed by atoms with Crippen LogP contribution in [-0.2, 0) is 11.8 Å². The van der Waals surface area contributed by atoms with Crippen LogP contribution >= 0.6 is 11.8 Å². The summed E-state index contributed by atoms with van der Waals surface area (Å²) in [6.45, 7) is 0. The number of benzene rings is 1. The standard InChI is InChI=1S/C16H15N5OS/c1-21-14-7-3-2-6-13(14)19-16(21)23-11-15(22)20-18-10-12-5-4-8-17-9-12/h2-10H,11H2,1H3,(H,20,22)/b18-10-. The molecule has 0 aliphatic rings. The summed E-state index contributed by atoms with van der Waals surface area (Å²) in [5.74, 6) is 0.0730. The molecule has 1 amide bonds. The van der Waals surface area contributed by atoms with E-state index in [9.17, 15) is 4.79 Å². The minimum atomic E-state index is -0.179. The first kappa shape index (κ1) is 15.2. The lowest BCUT2D eigenvalue weighted by Gasteiger charge is -2.01. The average molecular weight is 325 g/mol. The van der Waals surface area contributed by atoms with E-state index in [-0.39, 0.29) is 11.7 Å². The van der Waals surface area contributed by atoms with Gasteiger partial charge < -0.3 is 4.57 Å². The average Bonchev–Trinajstić information content (AvgIpc) is 2.90. The van der Waals surface area contributed by atoms with E-state index in [0.29, 0.717) is 0 Å². The van der Waals surface area contributed by atoms with Crippen molar-refractivity contribution >= 4 is 34.9 Å². The number of para-hydroxylation sites is 2. The summed E-state index contributed by atoms with van der Waals surface area (Å²) in [4.78, 5) is 20.3. The third-order valence-electron chi connectivity index (χ3n) is 3.17. The molecule has 0 aliphatic heterocycles. The predicted molar refractivity (Wildman–Crippen MR) is 91.4 cm³/mol. The molecule has 23 heavy (non-hydrogen) atoms. The zero-order chi connectivity index (χ0) is 16.1. The molecule has 1 aromatic carbocycles. The summed E-state index contributed by atoms with van der Waals surface area (Å²) in [5.41, 5.74) is 5.30. The normalized spacial score (nSPS) is 11.2. The molecule has 0 fully saturated rings. The topological polar surface area (TPSA) is 72.2 Å². The zero-order valence-corrected chi connectivity index (χ0v) is 13.3. The van der Waals surface area contributed by atoms with Gasteiger partial charge in [-0.1, -0.05) is 30.0 Å². The maximum atomic E-state index is 11.8. The number of carbonyl (C=O) groups is 1. The van der Waals surface area contributed by atoms with Gasteiger partial charge in [0.1, 0.15) is 0 Å². The Balaban J connectivity index is 1.56. The number of thioether (sulfide) groups is 1. The molecule has 2 heterocycles. The molecule has 3 aromatic rings. The highest BCUT2D eigenvalue weighted by Crippen LogP contribution is 2.22. The minimum absolute atomic E-state index is 0.179. The first-order valence-electron chi connectivity index (χ1n) is 7.00. The number of hydrazone groups is 1. The van der Waals surface area contributed by atoms with Crippen molar-refractivity contribution in [3.05, 3.63) is 54.4 Å². The van der Waals surface area contributed by atoms with Crippen LogP contribution in [0.4, 0.5) is 0 Å². The second kappa shape index (κ2) is 7.06. The number of pyridine rings is 1. The molecule has 6 nitrogen and oxygen atoms in total. The molecule has 0 bridgehead atoms. The Morgan fingerprint density at radius 2 is 2.22 bits per heavy atom. The largest absolute Gasteiger partial charge is 0.322 e. The second-order valence-corrected chi connectivity index (χ2v) is 5.75. The molecule has 3 rings (SSSR count). The summed E-state index contributed by atoms with van der Waals surface area (Å²) in [5, 5.41) is 4.72. The third-order valence-corrected chi connectivity index (χ3v) is 4.20. The van der Waals surface area contributed by atoms with Gasteiger partial charge in [-0.25, -0.2) is 10.4 Å². The smallest absolute Gasteiger partial charge is 0.250 e. The van der Waals surface area contributed by atoms with Gasteiger partial charge in [-0.15, -0.1) is 0 Å². The maximum absolute atomic E-state index is 11.8. The summed E-state index contributed by atoms with van der Waals surface area (Å²) in [7, 11) is 1.94. The van der Waals surface area contributed by atoms with Crippen molar-refractivity contribution < 1.29 is 4.79 Å². The number of hydrogen-bond donors (Lipinski definition) is 1. The number of nitrogens with zero attached hydrogens (tertiary/aromatic N) is 4. The van der Waals surface area contributed by atoms with Crippen molar-refractivity contribution in [2.75, 3.05) is 5.75 Å². The Hall–Kier alpha value is -2.67. The highest BCUT2D eigenvalue weighted by atomic mass is 32.2. The van der Waals surface area contributed by atoms with Gasteiger partial charge in [-0.05, 0) is 18.2 Å². The number of nitrogens with one attached hydrogen (secondary N) is 1. The molecule has 0 unspecified atom stereocenters. The van der Waals surface area contributed by atoms with Crippen LogP contribution in [-0.4, -0.2) is 32.4 Å². The number of imidazole rings is 1. The molecular formula is C16H15N5OS. The van der Waals surface area contributed by atoms with Crippen molar-refractivity contribution in [2.24, 2.45) is 12.1 Å². The SMILES string of the molecule is Cn1c(SCC(=O)N/N=C\c2cccnc2)nc2ccccc21. The lowest BCUT2D eigenvalue weighted by Crippen LogP contribution is -2.19. The highest BCUT2D eigenvalue weighted by Gasteiger charge is 2.09. The molecule has 0 saturated carbocycles. The van der Waals surface area contributed by atoms with Gasteiger partial charge in [-0.2, -0.15) is 5.10 Å². The van der Waals surface area contributed by atoms with Crippen LogP contribution < -0.4 is 5.43 Å². The molecule has 2 aromatic heterocycles. The molecule has 0 aliphatic carbocycles. The van der Waals surface area contributed by atoms with Gasteiger partial charge in [0.05, 0.1) is 23.0 Å². The van der Waals surface area contributed by atoms with Gasteiger partial charge in [0, 0.05) is 25.0 Å². The van der Waals surface area contributed by atoms with Crippen molar-refractivity contribution in [1.29, 1.82) is 0 Å². The lowest BCUT2D eigenvalue weighted by molar-refractivity contribution is -0.118. The first-order valence-corrected chi connectivity index (χ1v) is 7.99. The Morgan fingerprint density at radius 3 is 3.00 bits per heavy atom. The molecule has 0 saturated heterocycles. The van der Waals surface area contributed by atoms with E-state index in [1.54, 1.807) is 18.6 Å². The Bertz CT molecular complexity index is 844. The fourth-order valence-corrected chi connectivity index (χ4v) is 2.83.